The first-order valence-electron chi connectivity index (χ1n) is 6.25. The molecule has 0 atom stereocenters. The van der Waals surface area contributed by atoms with Crippen LogP contribution >= 0.6 is 0 Å². The number of carbonyl (C=O) groups excluding carboxylic acids is 1. The van der Waals surface area contributed by atoms with E-state index < -0.39 is 5.54 Å². The lowest BCUT2D eigenvalue weighted by atomic mass is 10.2. The summed E-state index contributed by atoms with van der Waals surface area (Å²) in [5.74, 6) is 0.861. The maximum atomic E-state index is 11.9. The van der Waals surface area contributed by atoms with Crippen LogP contribution in [0.3, 0.4) is 0 Å². The lowest BCUT2D eigenvalue weighted by molar-refractivity contribution is -0.132. The first-order chi connectivity index (χ1) is 8.51. The second kappa shape index (κ2) is 4.98. The number of likely N-dealkylation sites (N-methyl/N-ethyl adjacent to an activating group) is 1. The number of amides is 1. The van der Waals surface area contributed by atoms with Gasteiger partial charge in [0.05, 0.1) is 12.1 Å². The van der Waals surface area contributed by atoms with E-state index in [2.05, 4.69) is 0 Å². The summed E-state index contributed by atoms with van der Waals surface area (Å²) in [5.41, 5.74) is 6.44. The van der Waals surface area contributed by atoms with Gasteiger partial charge in [-0.3, -0.25) is 4.79 Å². The molecule has 18 heavy (non-hydrogen) atoms. The molecular weight excluding hydrogens is 228 g/mol. The van der Waals surface area contributed by atoms with E-state index in [9.17, 15) is 4.79 Å². The Morgan fingerprint density at radius 2 is 2.22 bits per heavy atom. The van der Waals surface area contributed by atoms with Crippen LogP contribution < -0.4 is 10.5 Å². The maximum absolute atomic E-state index is 11.9. The number of hydrogen-bond donors (Lipinski definition) is 1. The molecule has 1 aliphatic rings. The molecule has 98 valence electrons. The highest BCUT2D eigenvalue weighted by molar-refractivity contribution is 5.88. The predicted molar refractivity (Wildman–Crippen MR) is 70.5 cm³/mol. The lowest BCUT2D eigenvalue weighted by Crippen LogP contribution is -2.45. The van der Waals surface area contributed by atoms with Crippen LogP contribution in [-0.2, 0) is 4.79 Å². The van der Waals surface area contributed by atoms with Crippen LogP contribution in [0.25, 0.3) is 0 Å². The SMILES string of the molecule is Cc1cccc(OCCN(C)C(=O)C2(N)CC2)c1. The Morgan fingerprint density at radius 1 is 1.50 bits per heavy atom. The van der Waals surface area contributed by atoms with E-state index in [1.165, 1.54) is 0 Å². The number of carbonyl (C=O) groups is 1. The van der Waals surface area contributed by atoms with Crippen LogP contribution in [0.5, 0.6) is 5.75 Å². The quantitative estimate of drug-likeness (QED) is 0.855. The normalized spacial score (nSPS) is 16.2. The number of ether oxygens (including phenoxy) is 1. The first kappa shape index (κ1) is 12.9. The van der Waals surface area contributed by atoms with Crippen molar-refractivity contribution in [1.82, 2.24) is 4.90 Å². The van der Waals surface area contributed by atoms with E-state index in [0.717, 1.165) is 24.2 Å². The Hall–Kier alpha value is -1.55. The van der Waals surface area contributed by atoms with Crippen molar-refractivity contribution in [1.29, 1.82) is 0 Å². The third kappa shape index (κ3) is 3.01. The number of nitrogens with two attached hydrogens (primary N) is 1. The fourth-order valence-corrected chi connectivity index (χ4v) is 1.84. The highest BCUT2D eigenvalue weighted by Crippen LogP contribution is 2.33. The molecule has 0 bridgehead atoms. The number of rotatable bonds is 5. The molecule has 4 heteroatoms. The van der Waals surface area contributed by atoms with Gasteiger partial charge in [-0.05, 0) is 37.5 Å². The monoisotopic (exact) mass is 248 g/mol. The summed E-state index contributed by atoms with van der Waals surface area (Å²) in [6.45, 7) is 3.07. The number of hydrogen-bond acceptors (Lipinski definition) is 3. The molecule has 0 unspecified atom stereocenters. The van der Waals surface area contributed by atoms with E-state index in [1.807, 2.05) is 31.2 Å². The van der Waals surface area contributed by atoms with Crippen molar-refractivity contribution in [3.63, 3.8) is 0 Å². The first-order valence-corrected chi connectivity index (χ1v) is 6.25. The molecule has 1 aliphatic carbocycles. The molecule has 1 aromatic rings. The van der Waals surface area contributed by atoms with Gasteiger partial charge in [-0.1, -0.05) is 12.1 Å². The van der Waals surface area contributed by atoms with Crippen molar-refractivity contribution in [3.8, 4) is 5.75 Å². The van der Waals surface area contributed by atoms with Gasteiger partial charge >= 0.3 is 0 Å². The Bertz CT molecular complexity index is 441. The number of aryl methyl sites for hydroxylation is 1. The van der Waals surface area contributed by atoms with Crippen LogP contribution in [0.4, 0.5) is 0 Å². The molecule has 2 N–H and O–H groups in total. The largest absolute Gasteiger partial charge is 0.492 e. The highest BCUT2D eigenvalue weighted by Gasteiger charge is 2.47. The summed E-state index contributed by atoms with van der Waals surface area (Å²) in [5, 5.41) is 0. The Balaban J connectivity index is 1.77. The number of benzene rings is 1. The maximum Gasteiger partial charge on any atom is 0.242 e. The molecule has 0 saturated heterocycles. The fraction of sp³-hybridized carbons (Fsp3) is 0.500. The van der Waals surface area contributed by atoms with Crippen molar-refractivity contribution < 1.29 is 9.53 Å². The molecule has 0 aromatic heterocycles. The zero-order chi connectivity index (χ0) is 13.2. The Morgan fingerprint density at radius 3 is 2.83 bits per heavy atom. The lowest BCUT2D eigenvalue weighted by Gasteiger charge is -2.20. The zero-order valence-corrected chi connectivity index (χ0v) is 11.0. The molecule has 1 amide bonds. The van der Waals surface area contributed by atoms with Crippen molar-refractivity contribution >= 4 is 5.91 Å². The molecule has 4 nitrogen and oxygen atoms in total. The van der Waals surface area contributed by atoms with Gasteiger partial charge in [0.1, 0.15) is 12.4 Å². The molecule has 1 aromatic carbocycles. The smallest absolute Gasteiger partial charge is 0.242 e. The Kier molecular flexibility index (Phi) is 3.57. The minimum atomic E-state index is -0.585. The van der Waals surface area contributed by atoms with Crippen molar-refractivity contribution in [2.45, 2.75) is 25.3 Å². The predicted octanol–water partition coefficient (Wildman–Crippen LogP) is 1.32. The second-order valence-corrected chi connectivity index (χ2v) is 5.05. The summed E-state index contributed by atoms with van der Waals surface area (Å²) in [6, 6.07) is 7.87. The molecule has 1 saturated carbocycles. The third-order valence-electron chi connectivity index (χ3n) is 3.25. The van der Waals surface area contributed by atoms with Crippen LogP contribution in [0.1, 0.15) is 18.4 Å². The zero-order valence-electron chi connectivity index (χ0n) is 11.0. The summed E-state index contributed by atoms with van der Waals surface area (Å²) in [4.78, 5) is 13.5. The summed E-state index contributed by atoms with van der Waals surface area (Å²) in [6.07, 6.45) is 1.60. The van der Waals surface area contributed by atoms with Gasteiger partial charge in [0.25, 0.3) is 0 Å². The van der Waals surface area contributed by atoms with Gasteiger partial charge in [0, 0.05) is 7.05 Å². The summed E-state index contributed by atoms with van der Waals surface area (Å²) < 4.78 is 5.61. The highest BCUT2D eigenvalue weighted by atomic mass is 16.5. The van der Waals surface area contributed by atoms with E-state index in [0.29, 0.717) is 13.2 Å². The molecule has 0 heterocycles. The van der Waals surface area contributed by atoms with Gasteiger partial charge in [0.15, 0.2) is 0 Å². The van der Waals surface area contributed by atoms with E-state index in [-0.39, 0.29) is 5.91 Å². The van der Waals surface area contributed by atoms with Gasteiger partial charge in [-0.25, -0.2) is 0 Å². The molecule has 1 fully saturated rings. The van der Waals surface area contributed by atoms with Crippen LogP contribution in [0, 0.1) is 6.92 Å². The molecule has 0 aliphatic heterocycles. The van der Waals surface area contributed by atoms with Gasteiger partial charge in [-0.15, -0.1) is 0 Å². The second-order valence-electron chi connectivity index (χ2n) is 5.05. The Labute approximate surface area is 108 Å². The van der Waals surface area contributed by atoms with Crippen molar-refractivity contribution in [2.24, 2.45) is 5.73 Å². The molecular formula is C14H20N2O2. The van der Waals surface area contributed by atoms with Gasteiger partial charge < -0.3 is 15.4 Å². The van der Waals surface area contributed by atoms with Crippen molar-refractivity contribution in [2.75, 3.05) is 20.2 Å². The van der Waals surface area contributed by atoms with E-state index in [1.54, 1.807) is 11.9 Å². The average Bonchev–Trinajstić information content (AvgIpc) is 3.07. The minimum Gasteiger partial charge on any atom is -0.492 e. The van der Waals surface area contributed by atoms with Crippen LogP contribution in [0.2, 0.25) is 0 Å². The van der Waals surface area contributed by atoms with Gasteiger partial charge in [-0.2, -0.15) is 0 Å². The standard InChI is InChI=1S/C14H20N2O2/c1-11-4-3-5-12(10-11)18-9-8-16(2)13(17)14(15)6-7-14/h3-5,10H,6-9,15H2,1-2H3. The minimum absolute atomic E-state index is 0.0235. The van der Waals surface area contributed by atoms with Crippen LogP contribution in [0.15, 0.2) is 24.3 Å². The summed E-state index contributed by atoms with van der Waals surface area (Å²) in [7, 11) is 1.77. The van der Waals surface area contributed by atoms with E-state index >= 15 is 0 Å². The van der Waals surface area contributed by atoms with Crippen LogP contribution in [-0.4, -0.2) is 36.5 Å². The van der Waals surface area contributed by atoms with Crippen molar-refractivity contribution in [3.05, 3.63) is 29.8 Å². The summed E-state index contributed by atoms with van der Waals surface area (Å²) >= 11 is 0. The molecule has 2 rings (SSSR count). The fourth-order valence-electron chi connectivity index (χ4n) is 1.84. The molecule has 0 radical (unpaired) electrons. The molecule has 0 spiro atoms. The van der Waals surface area contributed by atoms with Gasteiger partial charge in [0.2, 0.25) is 5.91 Å². The van der Waals surface area contributed by atoms with E-state index in [4.69, 9.17) is 10.5 Å². The third-order valence-corrected chi connectivity index (χ3v) is 3.25. The number of nitrogens with zero attached hydrogens (tertiary/aromatic N) is 1. The average molecular weight is 248 g/mol. The topological polar surface area (TPSA) is 55.6 Å².